The molecule has 0 atom stereocenters. The van der Waals surface area contributed by atoms with Gasteiger partial charge in [0.05, 0.1) is 26.3 Å². The molecule has 0 aliphatic rings. The number of aryl methyl sites for hydroxylation is 1. The van der Waals surface area contributed by atoms with Crippen molar-refractivity contribution in [1.29, 1.82) is 0 Å². The van der Waals surface area contributed by atoms with Crippen LogP contribution in [-0.4, -0.2) is 36.1 Å². The number of esters is 1. The van der Waals surface area contributed by atoms with Crippen molar-refractivity contribution in [3.63, 3.8) is 0 Å². The van der Waals surface area contributed by atoms with Gasteiger partial charge in [0.2, 0.25) is 5.91 Å². The highest BCUT2D eigenvalue weighted by atomic mass is 32.1. The average molecular weight is 385 g/mol. The molecule has 0 unspecified atom stereocenters. The quantitative estimate of drug-likeness (QED) is 0.634. The van der Waals surface area contributed by atoms with Crippen LogP contribution in [0.1, 0.15) is 21.6 Å². The number of aromatic amines is 1. The zero-order valence-corrected chi connectivity index (χ0v) is 16.0. The van der Waals surface area contributed by atoms with Crippen molar-refractivity contribution in [3.05, 3.63) is 52.7 Å². The van der Waals surface area contributed by atoms with E-state index in [-0.39, 0.29) is 12.3 Å². The molecule has 1 amide bonds. The van der Waals surface area contributed by atoms with Gasteiger partial charge in [-0.2, -0.15) is 0 Å². The molecule has 3 aromatic rings. The Morgan fingerprint density at radius 3 is 2.81 bits per heavy atom. The van der Waals surface area contributed by atoms with Gasteiger partial charge < -0.3 is 19.8 Å². The van der Waals surface area contributed by atoms with Crippen molar-refractivity contribution >= 4 is 28.3 Å². The lowest BCUT2D eigenvalue weighted by Crippen LogP contribution is -2.14. The minimum atomic E-state index is -0.446. The highest BCUT2D eigenvalue weighted by Gasteiger charge is 2.13. The third-order valence-electron chi connectivity index (χ3n) is 3.97. The predicted octanol–water partition coefficient (Wildman–Crippen LogP) is 3.42. The molecule has 0 spiro atoms. The van der Waals surface area contributed by atoms with Crippen LogP contribution in [0.15, 0.2) is 35.8 Å². The van der Waals surface area contributed by atoms with Gasteiger partial charge >= 0.3 is 5.97 Å². The summed E-state index contributed by atoms with van der Waals surface area (Å²) in [6.45, 7) is 1.95. The largest absolute Gasteiger partial charge is 0.496 e. The molecule has 2 aromatic heterocycles. The molecule has 0 aliphatic carbocycles. The Kier molecular flexibility index (Phi) is 5.56. The molecule has 140 valence electrons. The zero-order valence-electron chi connectivity index (χ0n) is 15.2. The Morgan fingerprint density at radius 1 is 1.26 bits per heavy atom. The van der Waals surface area contributed by atoms with E-state index in [4.69, 9.17) is 4.74 Å². The monoisotopic (exact) mass is 385 g/mol. The predicted molar refractivity (Wildman–Crippen MR) is 103 cm³/mol. The standard InChI is InChI=1S/C19H19N3O4S/c1-11-4-5-12(6-16(11)25-2)7-17(23)22-19-21-15(10-27-19)13-8-14(20-9-13)18(24)26-3/h4-6,8-10,20H,7H2,1-3H3,(H,21,22,23). The third kappa shape index (κ3) is 4.35. The number of carbonyl (C=O) groups excluding carboxylic acids is 2. The van der Waals surface area contributed by atoms with E-state index in [2.05, 4.69) is 20.0 Å². The van der Waals surface area contributed by atoms with Gasteiger partial charge in [0.25, 0.3) is 0 Å². The first kappa shape index (κ1) is 18.7. The molecular formula is C19H19N3O4S. The van der Waals surface area contributed by atoms with Crippen molar-refractivity contribution in [1.82, 2.24) is 9.97 Å². The molecule has 8 heteroatoms. The summed E-state index contributed by atoms with van der Waals surface area (Å²) in [5.74, 6) is 0.148. The minimum absolute atomic E-state index is 0.161. The van der Waals surface area contributed by atoms with Crippen molar-refractivity contribution in [2.75, 3.05) is 19.5 Å². The summed E-state index contributed by atoms with van der Waals surface area (Å²) in [6.07, 6.45) is 1.90. The molecule has 0 saturated carbocycles. The first-order valence-corrected chi connectivity index (χ1v) is 9.04. The van der Waals surface area contributed by atoms with Crippen LogP contribution in [0.25, 0.3) is 11.3 Å². The fraction of sp³-hybridized carbons (Fsp3) is 0.211. The van der Waals surface area contributed by atoms with E-state index in [1.54, 1.807) is 19.4 Å². The molecule has 0 radical (unpaired) electrons. The Bertz CT molecular complexity index is 977. The van der Waals surface area contributed by atoms with Crippen molar-refractivity contribution in [2.45, 2.75) is 13.3 Å². The molecular weight excluding hydrogens is 366 g/mol. The first-order chi connectivity index (χ1) is 13.0. The molecule has 7 nitrogen and oxygen atoms in total. The highest BCUT2D eigenvalue weighted by Crippen LogP contribution is 2.26. The van der Waals surface area contributed by atoms with E-state index < -0.39 is 5.97 Å². The summed E-state index contributed by atoms with van der Waals surface area (Å²) in [5.41, 5.74) is 3.64. The molecule has 3 rings (SSSR count). The van der Waals surface area contributed by atoms with Gasteiger partial charge in [-0.1, -0.05) is 12.1 Å². The smallest absolute Gasteiger partial charge is 0.354 e. The lowest BCUT2D eigenvalue weighted by Gasteiger charge is -2.07. The van der Waals surface area contributed by atoms with E-state index in [1.165, 1.54) is 18.4 Å². The van der Waals surface area contributed by atoms with Gasteiger partial charge in [0, 0.05) is 17.1 Å². The van der Waals surface area contributed by atoms with Gasteiger partial charge in [-0.15, -0.1) is 11.3 Å². The third-order valence-corrected chi connectivity index (χ3v) is 4.73. The molecule has 2 heterocycles. The number of benzene rings is 1. The van der Waals surface area contributed by atoms with Crippen LogP contribution in [0.3, 0.4) is 0 Å². The fourth-order valence-corrected chi connectivity index (χ4v) is 3.29. The van der Waals surface area contributed by atoms with Crippen LogP contribution in [0.2, 0.25) is 0 Å². The number of thiazole rings is 1. The second-order valence-corrected chi connectivity index (χ2v) is 6.72. The number of nitrogens with zero attached hydrogens (tertiary/aromatic N) is 1. The topological polar surface area (TPSA) is 93.3 Å². The van der Waals surface area contributed by atoms with Crippen LogP contribution in [0.4, 0.5) is 5.13 Å². The van der Waals surface area contributed by atoms with Gasteiger partial charge in [-0.05, 0) is 30.2 Å². The Hall–Kier alpha value is -3.13. The lowest BCUT2D eigenvalue weighted by molar-refractivity contribution is -0.115. The summed E-state index contributed by atoms with van der Waals surface area (Å²) in [4.78, 5) is 31.0. The Balaban J connectivity index is 1.66. The van der Waals surface area contributed by atoms with Crippen LogP contribution in [0, 0.1) is 6.92 Å². The molecule has 0 fully saturated rings. The van der Waals surface area contributed by atoms with Crippen molar-refractivity contribution in [3.8, 4) is 17.0 Å². The number of hydrogen-bond donors (Lipinski definition) is 2. The summed E-state index contributed by atoms with van der Waals surface area (Å²) in [7, 11) is 2.93. The molecule has 1 aromatic carbocycles. The summed E-state index contributed by atoms with van der Waals surface area (Å²) >= 11 is 1.32. The van der Waals surface area contributed by atoms with Crippen LogP contribution < -0.4 is 10.1 Å². The fourth-order valence-electron chi connectivity index (χ4n) is 2.56. The Morgan fingerprint density at radius 2 is 2.07 bits per heavy atom. The normalized spacial score (nSPS) is 10.5. The molecule has 0 saturated heterocycles. The van der Waals surface area contributed by atoms with E-state index in [0.717, 1.165) is 22.4 Å². The van der Waals surface area contributed by atoms with Crippen LogP contribution in [-0.2, 0) is 16.0 Å². The van der Waals surface area contributed by atoms with E-state index >= 15 is 0 Å². The highest BCUT2D eigenvalue weighted by molar-refractivity contribution is 7.14. The first-order valence-electron chi connectivity index (χ1n) is 8.16. The van der Waals surface area contributed by atoms with Gasteiger partial charge in [-0.25, -0.2) is 9.78 Å². The second kappa shape index (κ2) is 8.05. The number of ether oxygens (including phenoxy) is 2. The number of carbonyl (C=O) groups is 2. The minimum Gasteiger partial charge on any atom is -0.496 e. The number of aromatic nitrogens is 2. The van der Waals surface area contributed by atoms with Crippen molar-refractivity contribution in [2.24, 2.45) is 0 Å². The number of methoxy groups -OCH3 is 2. The van der Waals surface area contributed by atoms with E-state index in [1.807, 2.05) is 30.5 Å². The number of anilines is 1. The van der Waals surface area contributed by atoms with Crippen LogP contribution in [0.5, 0.6) is 5.75 Å². The summed E-state index contributed by atoms with van der Waals surface area (Å²) in [6, 6.07) is 7.34. The Labute approximate surface area is 160 Å². The SMILES string of the molecule is COC(=O)c1cc(-c2csc(NC(=O)Cc3ccc(C)c(OC)c3)n2)c[nH]1. The van der Waals surface area contributed by atoms with Gasteiger partial charge in [0.1, 0.15) is 11.4 Å². The second-order valence-electron chi connectivity index (χ2n) is 5.86. The number of rotatable bonds is 6. The average Bonchev–Trinajstić information content (AvgIpc) is 3.32. The summed E-state index contributed by atoms with van der Waals surface area (Å²) in [5, 5.41) is 5.11. The number of hydrogen-bond acceptors (Lipinski definition) is 6. The van der Waals surface area contributed by atoms with Crippen LogP contribution >= 0.6 is 11.3 Å². The molecule has 0 aliphatic heterocycles. The lowest BCUT2D eigenvalue weighted by atomic mass is 10.1. The number of nitrogens with one attached hydrogen (secondary N) is 2. The number of amides is 1. The van der Waals surface area contributed by atoms with Crippen molar-refractivity contribution < 1.29 is 19.1 Å². The van der Waals surface area contributed by atoms with Gasteiger partial charge in [-0.3, -0.25) is 4.79 Å². The van der Waals surface area contributed by atoms with E-state index in [9.17, 15) is 9.59 Å². The zero-order chi connectivity index (χ0) is 19.4. The van der Waals surface area contributed by atoms with Gasteiger partial charge in [0.15, 0.2) is 5.13 Å². The summed E-state index contributed by atoms with van der Waals surface area (Å²) < 4.78 is 9.96. The maximum absolute atomic E-state index is 12.3. The van der Waals surface area contributed by atoms with E-state index in [0.29, 0.717) is 16.5 Å². The number of H-pyrrole nitrogens is 1. The molecule has 27 heavy (non-hydrogen) atoms. The molecule has 0 bridgehead atoms. The maximum atomic E-state index is 12.3. The molecule has 2 N–H and O–H groups in total. The maximum Gasteiger partial charge on any atom is 0.354 e.